The van der Waals surface area contributed by atoms with E-state index in [0.29, 0.717) is 11.4 Å². The lowest BCUT2D eigenvalue weighted by Gasteiger charge is -2.10. The SMILES string of the molecule is CC(=O)Nc1cccc(NC(=O)c2cc(Nc3cccc(C)c3)ccn2)c1. The number of nitrogens with zero attached hydrogens (tertiary/aromatic N) is 1. The first kappa shape index (κ1) is 18.1. The number of nitrogens with one attached hydrogen (secondary N) is 3. The van der Waals surface area contributed by atoms with Gasteiger partial charge in [-0.3, -0.25) is 14.6 Å². The summed E-state index contributed by atoms with van der Waals surface area (Å²) in [6, 6.07) is 18.4. The first-order valence-electron chi connectivity index (χ1n) is 8.48. The van der Waals surface area contributed by atoms with Crippen LogP contribution >= 0.6 is 0 Å². The maximum absolute atomic E-state index is 12.5. The first-order chi connectivity index (χ1) is 13.0. The summed E-state index contributed by atoms with van der Waals surface area (Å²) in [5.41, 5.74) is 4.33. The van der Waals surface area contributed by atoms with Crippen molar-refractivity contribution in [2.75, 3.05) is 16.0 Å². The smallest absolute Gasteiger partial charge is 0.274 e. The third-order valence-electron chi connectivity index (χ3n) is 3.74. The second-order valence-electron chi connectivity index (χ2n) is 6.14. The van der Waals surface area contributed by atoms with E-state index >= 15 is 0 Å². The molecule has 0 aliphatic rings. The predicted molar refractivity (Wildman–Crippen MR) is 107 cm³/mol. The highest BCUT2D eigenvalue weighted by Gasteiger charge is 2.09. The Balaban J connectivity index is 1.73. The molecule has 0 fully saturated rings. The van der Waals surface area contributed by atoms with Crippen molar-refractivity contribution >= 4 is 34.6 Å². The van der Waals surface area contributed by atoms with E-state index in [0.717, 1.165) is 16.9 Å². The monoisotopic (exact) mass is 360 g/mol. The molecule has 3 N–H and O–H groups in total. The van der Waals surface area contributed by atoms with Crippen LogP contribution in [0.2, 0.25) is 0 Å². The molecule has 0 radical (unpaired) electrons. The molecule has 0 aliphatic carbocycles. The summed E-state index contributed by atoms with van der Waals surface area (Å²) in [6.45, 7) is 3.45. The van der Waals surface area contributed by atoms with Gasteiger partial charge in [-0.15, -0.1) is 0 Å². The van der Waals surface area contributed by atoms with E-state index in [9.17, 15) is 9.59 Å². The fourth-order valence-electron chi connectivity index (χ4n) is 2.60. The lowest BCUT2D eigenvalue weighted by Crippen LogP contribution is -2.14. The van der Waals surface area contributed by atoms with Crippen molar-refractivity contribution in [1.29, 1.82) is 0 Å². The van der Waals surface area contributed by atoms with Crippen molar-refractivity contribution in [1.82, 2.24) is 4.98 Å². The van der Waals surface area contributed by atoms with Crippen molar-refractivity contribution in [3.8, 4) is 0 Å². The van der Waals surface area contributed by atoms with Gasteiger partial charge < -0.3 is 16.0 Å². The molecule has 2 aromatic carbocycles. The normalized spacial score (nSPS) is 10.1. The summed E-state index contributed by atoms with van der Waals surface area (Å²) in [5, 5.41) is 8.74. The average Bonchev–Trinajstić information content (AvgIpc) is 2.62. The van der Waals surface area contributed by atoms with Gasteiger partial charge in [-0.05, 0) is 55.0 Å². The van der Waals surface area contributed by atoms with Crippen LogP contribution in [0.1, 0.15) is 23.0 Å². The van der Waals surface area contributed by atoms with Crippen LogP contribution in [0.5, 0.6) is 0 Å². The Bertz CT molecular complexity index is 985. The summed E-state index contributed by atoms with van der Waals surface area (Å²) in [4.78, 5) is 27.8. The van der Waals surface area contributed by atoms with Crippen LogP contribution in [0, 0.1) is 6.92 Å². The molecular formula is C21H20N4O2. The summed E-state index contributed by atoms with van der Waals surface area (Å²) < 4.78 is 0. The van der Waals surface area contributed by atoms with Gasteiger partial charge in [-0.2, -0.15) is 0 Å². The molecule has 6 heteroatoms. The number of carbonyl (C=O) groups is 2. The number of aromatic nitrogens is 1. The Morgan fingerprint density at radius 2 is 1.48 bits per heavy atom. The second kappa shape index (κ2) is 8.14. The minimum Gasteiger partial charge on any atom is -0.355 e. The zero-order valence-electron chi connectivity index (χ0n) is 15.1. The number of amides is 2. The quantitative estimate of drug-likeness (QED) is 0.632. The largest absolute Gasteiger partial charge is 0.355 e. The molecule has 0 saturated carbocycles. The summed E-state index contributed by atoms with van der Waals surface area (Å²) in [7, 11) is 0. The number of pyridine rings is 1. The maximum atomic E-state index is 12.5. The van der Waals surface area contributed by atoms with Crippen LogP contribution in [0.4, 0.5) is 22.7 Å². The third-order valence-corrected chi connectivity index (χ3v) is 3.74. The van der Waals surface area contributed by atoms with Crippen LogP contribution < -0.4 is 16.0 Å². The molecule has 0 saturated heterocycles. The van der Waals surface area contributed by atoms with Crippen LogP contribution in [-0.4, -0.2) is 16.8 Å². The molecule has 0 unspecified atom stereocenters. The minimum atomic E-state index is -0.331. The number of benzene rings is 2. The van der Waals surface area contributed by atoms with Crippen molar-refractivity contribution in [2.45, 2.75) is 13.8 Å². The van der Waals surface area contributed by atoms with Gasteiger partial charge in [0, 0.05) is 35.9 Å². The molecule has 0 atom stereocenters. The number of anilines is 4. The summed E-state index contributed by atoms with van der Waals surface area (Å²) >= 11 is 0. The highest BCUT2D eigenvalue weighted by molar-refractivity contribution is 6.03. The minimum absolute atomic E-state index is 0.171. The Morgan fingerprint density at radius 1 is 0.815 bits per heavy atom. The molecule has 0 bridgehead atoms. The fourth-order valence-corrected chi connectivity index (χ4v) is 2.60. The van der Waals surface area contributed by atoms with Crippen LogP contribution in [0.3, 0.4) is 0 Å². The van der Waals surface area contributed by atoms with Gasteiger partial charge in [0.25, 0.3) is 5.91 Å². The highest BCUT2D eigenvalue weighted by Crippen LogP contribution is 2.19. The molecule has 2 amide bonds. The maximum Gasteiger partial charge on any atom is 0.274 e. The first-order valence-corrected chi connectivity index (χ1v) is 8.48. The van der Waals surface area contributed by atoms with E-state index in [4.69, 9.17) is 0 Å². The molecule has 1 heterocycles. The number of aryl methyl sites for hydroxylation is 1. The van der Waals surface area contributed by atoms with Crippen molar-refractivity contribution in [3.63, 3.8) is 0 Å². The molecule has 3 rings (SSSR count). The van der Waals surface area contributed by atoms with Gasteiger partial charge in [-0.1, -0.05) is 18.2 Å². The van der Waals surface area contributed by atoms with E-state index in [2.05, 4.69) is 20.9 Å². The van der Waals surface area contributed by atoms with Crippen LogP contribution in [-0.2, 0) is 4.79 Å². The van der Waals surface area contributed by atoms with E-state index in [1.165, 1.54) is 6.92 Å². The van der Waals surface area contributed by atoms with Crippen LogP contribution in [0.25, 0.3) is 0 Å². The molecule has 0 spiro atoms. The Labute approximate surface area is 157 Å². The zero-order chi connectivity index (χ0) is 19.2. The lowest BCUT2D eigenvalue weighted by atomic mass is 10.2. The molecule has 136 valence electrons. The summed E-state index contributed by atoms with van der Waals surface area (Å²) in [5.74, 6) is -0.502. The van der Waals surface area contributed by atoms with E-state index in [-0.39, 0.29) is 17.5 Å². The topological polar surface area (TPSA) is 83.1 Å². The lowest BCUT2D eigenvalue weighted by molar-refractivity contribution is -0.114. The Kier molecular flexibility index (Phi) is 5.47. The van der Waals surface area contributed by atoms with E-state index in [1.54, 1.807) is 42.6 Å². The number of rotatable bonds is 5. The van der Waals surface area contributed by atoms with Crippen molar-refractivity contribution < 1.29 is 9.59 Å². The van der Waals surface area contributed by atoms with Crippen LogP contribution in [0.15, 0.2) is 66.9 Å². The zero-order valence-corrected chi connectivity index (χ0v) is 15.1. The summed E-state index contributed by atoms with van der Waals surface area (Å²) in [6.07, 6.45) is 1.58. The standard InChI is InChI=1S/C21H20N4O2/c1-14-5-3-6-16(11-14)24-19-9-10-22-20(13-19)21(27)25-18-8-4-7-17(12-18)23-15(2)26/h3-13H,1-2H3,(H,22,24)(H,23,26)(H,25,27). The Hall–Kier alpha value is -3.67. The highest BCUT2D eigenvalue weighted by atomic mass is 16.2. The molecule has 0 aliphatic heterocycles. The van der Waals surface area contributed by atoms with E-state index in [1.807, 2.05) is 31.2 Å². The second-order valence-corrected chi connectivity index (χ2v) is 6.14. The fraction of sp³-hybridized carbons (Fsp3) is 0.0952. The Morgan fingerprint density at radius 3 is 2.22 bits per heavy atom. The van der Waals surface area contributed by atoms with E-state index < -0.39 is 0 Å². The third kappa shape index (κ3) is 5.15. The van der Waals surface area contributed by atoms with Crippen molar-refractivity contribution in [3.05, 3.63) is 78.1 Å². The van der Waals surface area contributed by atoms with Crippen molar-refractivity contribution in [2.24, 2.45) is 0 Å². The van der Waals surface area contributed by atoms with Gasteiger partial charge in [0.15, 0.2) is 0 Å². The molecule has 1 aromatic heterocycles. The molecule has 3 aromatic rings. The molecular weight excluding hydrogens is 340 g/mol. The molecule has 27 heavy (non-hydrogen) atoms. The molecule has 6 nitrogen and oxygen atoms in total. The average molecular weight is 360 g/mol. The van der Waals surface area contributed by atoms with Gasteiger partial charge >= 0.3 is 0 Å². The van der Waals surface area contributed by atoms with Gasteiger partial charge in [-0.25, -0.2) is 0 Å². The number of hydrogen-bond acceptors (Lipinski definition) is 4. The van der Waals surface area contributed by atoms with Gasteiger partial charge in [0.1, 0.15) is 5.69 Å². The number of carbonyl (C=O) groups excluding carboxylic acids is 2. The predicted octanol–water partition coefficient (Wildman–Crippen LogP) is 4.34. The van der Waals surface area contributed by atoms with Gasteiger partial charge in [0.05, 0.1) is 0 Å². The number of hydrogen-bond donors (Lipinski definition) is 3. The van der Waals surface area contributed by atoms with Gasteiger partial charge in [0.2, 0.25) is 5.91 Å².